The number of halogens is 2. The molecular formula is C13H15Cl2N3. The Morgan fingerprint density at radius 3 is 2.78 bits per heavy atom. The lowest BCUT2D eigenvalue weighted by Crippen LogP contribution is -2.18. The van der Waals surface area contributed by atoms with Crippen LogP contribution in [0, 0.1) is 0 Å². The Morgan fingerprint density at radius 1 is 1.39 bits per heavy atom. The summed E-state index contributed by atoms with van der Waals surface area (Å²) >= 11 is 12.2. The van der Waals surface area contributed by atoms with E-state index in [4.69, 9.17) is 23.2 Å². The van der Waals surface area contributed by atoms with Crippen molar-refractivity contribution in [2.75, 3.05) is 7.05 Å². The van der Waals surface area contributed by atoms with Crippen LogP contribution in [0.3, 0.4) is 0 Å². The minimum Gasteiger partial charge on any atom is -0.313 e. The van der Waals surface area contributed by atoms with Gasteiger partial charge in [0.05, 0.1) is 6.20 Å². The molecule has 3 nitrogen and oxygen atoms in total. The van der Waals surface area contributed by atoms with Crippen LogP contribution in [0.25, 0.3) is 0 Å². The zero-order valence-corrected chi connectivity index (χ0v) is 11.8. The molecule has 0 amide bonds. The normalized spacial score (nSPS) is 12.7. The first-order valence-electron chi connectivity index (χ1n) is 5.70. The summed E-state index contributed by atoms with van der Waals surface area (Å²) in [6.07, 6.45) is 4.64. The number of rotatable bonds is 4. The van der Waals surface area contributed by atoms with Crippen molar-refractivity contribution in [3.63, 3.8) is 0 Å². The summed E-state index contributed by atoms with van der Waals surface area (Å²) in [6.45, 7) is 0. The van der Waals surface area contributed by atoms with Gasteiger partial charge < -0.3 is 5.32 Å². The molecule has 0 aliphatic carbocycles. The van der Waals surface area contributed by atoms with E-state index in [9.17, 15) is 0 Å². The van der Waals surface area contributed by atoms with Crippen LogP contribution in [-0.2, 0) is 13.5 Å². The minimum absolute atomic E-state index is 0.176. The van der Waals surface area contributed by atoms with Crippen molar-refractivity contribution >= 4 is 23.2 Å². The van der Waals surface area contributed by atoms with Crippen molar-refractivity contribution in [2.45, 2.75) is 12.5 Å². The fourth-order valence-corrected chi connectivity index (χ4v) is 2.32. The number of aryl methyl sites for hydroxylation is 1. The molecule has 96 valence electrons. The number of nitrogens with zero attached hydrogens (tertiary/aromatic N) is 2. The van der Waals surface area contributed by atoms with Crippen molar-refractivity contribution in [3.05, 3.63) is 51.8 Å². The highest BCUT2D eigenvalue weighted by Gasteiger charge is 2.14. The van der Waals surface area contributed by atoms with Crippen LogP contribution in [-0.4, -0.2) is 16.8 Å². The summed E-state index contributed by atoms with van der Waals surface area (Å²) in [5.41, 5.74) is 2.17. The number of benzene rings is 1. The summed E-state index contributed by atoms with van der Waals surface area (Å²) in [4.78, 5) is 0. The molecule has 1 heterocycles. The van der Waals surface area contributed by atoms with Gasteiger partial charge in [-0.1, -0.05) is 23.2 Å². The molecule has 0 fully saturated rings. The largest absolute Gasteiger partial charge is 0.313 e. The van der Waals surface area contributed by atoms with Gasteiger partial charge in [0, 0.05) is 34.9 Å². The van der Waals surface area contributed by atoms with Crippen LogP contribution in [0.4, 0.5) is 0 Å². The Balaban J connectivity index is 2.22. The molecule has 18 heavy (non-hydrogen) atoms. The van der Waals surface area contributed by atoms with Crippen LogP contribution in [0.1, 0.15) is 17.2 Å². The third-order valence-corrected chi connectivity index (χ3v) is 3.51. The van der Waals surface area contributed by atoms with Gasteiger partial charge >= 0.3 is 0 Å². The van der Waals surface area contributed by atoms with E-state index in [2.05, 4.69) is 10.4 Å². The summed E-state index contributed by atoms with van der Waals surface area (Å²) < 4.78 is 1.79. The van der Waals surface area contributed by atoms with E-state index >= 15 is 0 Å². The molecule has 2 aromatic rings. The highest BCUT2D eigenvalue weighted by atomic mass is 35.5. The molecule has 0 saturated heterocycles. The lowest BCUT2D eigenvalue weighted by atomic mass is 10.0. The first kappa shape index (κ1) is 13.4. The average molecular weight is 284 g/mol. The molecule has 5 heteroatoms. The van der Waals surface area contributed by atoms with Crippen molar-refractivity contribution < 1.29 is 0 Å². The predicted octanol–water partition coefficient (Wildman–Crippen LogP) is 3.23. The molecule has 1 atom stereocenters. The van der Waals surface area contributed by atoms with Gasteiger partial charge in [-0.3, -0.25) is 4.68 Å². The average Bonchev–Trinajstić information content (AvgIpc) is 2.77. The van der Waals surface area contributed by atoms with Crippen LogP contribution < -0.4 is 5.32 Å². The molecule has 0 bridgehead atoms. The van der Waals surface area contributed by atoms with Gasteiger partial charge in [0.15, 0.2) is 0 Å². The second-order valence-electron chi connectivity index (χ2n) is 4.23. The predicted molar refractivity (Wildman–Crippen MR) is 75.2 cm³/mol. The Hall–Kier alpha value is -1.03. The molecule has 0 saturated carbocycles. The Labute approximate surface area is 117 Å². The second kappa shape index (κ2) is 5.74. The van der Waals surface area contributed by atoms with Crippen LogP contribution in [0.5, 0.6) is 0 Å². The smallest absolute Gasteiger partial charge is 0.0537 e. The lowest BCUT2D eigenvalue weighted by molar-refractivity contribution is 0.591. The maximum atomic E-state index is 6.18. The van der Waals surface area contributed by atoms with E-state index in [-0.39, 0.29) is 6.04 Å². The SMILES string of the molecule is CNC(Cc1cc(Cl)ccc1Cl)c1cnn(C)c1. The van der Waals surface area contributed by atoms with E-state index in [1.54, 1.807) is 10.7 Å². The molecule has 1 unspecified atom stereocenters. The molecule has 0 spiro atoms. The quantitative estimate of drug-likeness (QED) is 0.934. The van der Waals surface area contributed by atoms with E-state index in [0.717, 1.165) is 22.6 Å². The zero-order valence-electron chi connectivity index (χ0n) is 10.3. The highest BCUT2D eigenvalue weighted by molar-refractivity contribution is 6.33. The first-order chi connectivity index (χ1) is 8.60. The van der Waals surface area contributed by atoms with E-state index in [1.165, 1.54) is 0 Å². The van der Waals surface area contributed by atoms with E-state index in [0.29, 0.717) is 5.02 Å². The Bertz CT molecular complexity index is 537. The van der Waals surface area contributed by atoms with Gasteiger partial charge in [-0.15, -0.1) is 0 Å². The lowest BCUT2D eigenvalue weighted by Gasteiger charge is -2.15. The first-order valence-corrected chi connectivity index (χ1v) is 6.45. The van der Waals surface area contributed by atoms with Gasteiger partial charge in [-0.25, -0.2) is 0 Å². The van der Waals surface area contributed by atoms with Gasteiger partial charge in [-0.05, 0) is 37.2 Å². The number of hydrogen-bond acceptors (Lipinski definition) is 2. The van der Waals surface area contributed by atoms with E-state index < -0.39 is 0 Å². The standard InChI is InChI=1S/C13H15Cl2N3/c1-16-13(10-7-17-18(2)8-10)6-9-5-11(14)3-4-12(9)15/h3-5,7-8,13,16H,6H2,1-2H3. The molecule has 0 aliphatic heterocycles. The topological polar surface area (TPSA) is 29.9 Å². The van der Waals surface area contributed by atoms with Crippen molar-refractivity contribution in [3.8, 4) is 0 Å². The molecule has 1 aromatic carbocycles. The van der Waals surface area contributed by atoms with Crippen molar-refractivity contribution in [1.29, 1.82) is 0 Å². The fourth-order valence-electron chi connectivity index (χ4n) is 1.93. The number of hydrogen-bond donors (Lipinski definition) is 1. The Morgan fingerprint density at radius 2 is 2.17 bits per heavy atom. The van der Waals surface area contributed by atoms with Crippen molar-refractivity contribution in [2.24, 2.45) is 7.05 Å². The van der Waals surface area contributed by atoms with Gasteiger partial charge in [0.2, 0.25) is 0 Å². The van der Waals surface area contributed by atoms with Gasteiger partial charge in [0.25, 0.3) is 0 Å². The summed E-state index contributed by atoms with van der Waals surface area (Å²) in [7, 11) is 3.83. The zero-order chi connectivity index (χ0) is 13.1. The number of likely N-dealkylation sites (N-methyl/N-ethyl adjacent to an activating group) is 1. The Kier molecular flexibility index (Phi) is 4.27. The highest BCUT2D eigenvalue weighted by Crippen LogP contribution is 2.25. The fraction of sp³-hybridized carbons (Fsp3) is 0.308. The monoisotopic (exact) mass is 283 g/mol. The number of nitrogens with one attached hydrogen (secondary N) is 1. The number of aromatic nitrogens is 2. The molecule has 1 N–H and O–H groups in total. The molecule has 0 aliphatic rings. The second-order valence-corrected chi connectivity index (χ2v) is 5.07. The molecule has 2 rings (SSSR count). The van der Waals surface area contributed by atoms with Gasteiger partial charge in [-0.2, -0.15) is 5.10 Å². The third kappa shape index (κ3) is 3.05. The van der Waals surface area contributed by atoms with Crippen molar-refractivity contribution in [1.82, 2.24) is 15.1 Å². The van der Waals surface area contributed by atoms with Crippen LogP contribution in [0.2, 0.25) is 10.0 Å². The van der Waals surface area contributed by atoms with Gasteiger partial charge in [0.1, 0.15) is 0 Å². The van der Waals surface area contributed by atoms with Crippen LogP contribution in [0.15, 0.2) is 30.6 Å². The molecular weight excluding hydrogens is 269 g/mol. The molecule has 1 aromatic heterocycles. The molecule has 0 radical (unpaired) electrons. The third-order valence-electron chi connectivity index (χ3n) is 2.91. The van der Waals surface area contributed by atoms with Crippen LogP contribution >= 0.6 is 23.2 Å². The minimum atomic E-state index is 0.176. The summed E-state index contributed by atoms with van der Waals surface area (Å²) in [6, 6.07) is 5.71. The maximum absolute atomic E-state index is 6.18. The summed E-state index contributed by atoms with van der Waals surface area (Å²) in [5.74, 6) is 0. The maximum Gasteiger partial charge on any atom is 0.0537 e. The van der Waals surface area contributed by atoms with E-state index in [1.807, 2.05) is 38.6 Å². The summed E-state index contributed by atoms with van der Waals surface area (Å²) in [5, 5.41) is 8.90.